The average molecular weight is 341 g/mol. The molecule has 0 saturated heterocycles. The van der Waals surface area contributed by atoms with Crippen molar-refractivity contribution in [2.45, 2.75) is 18.9 Å². The number of hydrogen-bond donors (Lipinski definition) is 1. The molecule has 5 heteroatoms. The quantitative estimate of drug-likeness (QED) is 0.592. The molecule has 0 bridgehead atoms. The number of benzene rings is 1. The van der Waals surface area contributed by atoms with Crippen LogP contribution in [0.4, 0.5) is 0 Å². The van der Waals surface area contributed by atoms with E-state index in [0.717, 1.165) is 32.3 Å². The van der Waals surface area contributed by atoms with Crippen molar-refractivity contribution < 1.29 is 9.84 Å². The number of aromatic nitrogens is 1. The second-order valence-electron chi connectivity index (χ2n) is 4.64. The third kappa shape index (κ3) is 2.24. The summed E-state index contributed by atoms with van der Waals surface area (Å²) in [5.74, 6) is 0. The molecule has 1 atom stereocenters. The lowest BCUT2D eigenvalue weighted by molar-refractivity contribution is -0.618. The molecule has 1 aromatic carbocycles. The van der Waals surface area contributed by atoms with Gasteiger partial charge in [-0.25, -0.2) is 0 Å². The molecule has 1 heterocycles. The van der Waals surface area contributed by atoms with Gasteiger partial charge >= 0.3 is 0 Å². The van der Waals surface area contributed by atoms with Gasteiger partial charge in [-0.05, 0) is 58.1 Å². The van der Waals surface area contributed by atoms with Crippen LogP contribution in [0.3, 0.4) is 0 Å². The van der Waals surface area contributed by atoms with E-state index < -0.39 is 6.10 Å². The molecule has 3 nitrogen and oxygen atoms in total. The van der Waals surface area contributed by atoms with Crippen LogP contribution in [-0.2, 0) is 12.8 Å². The van der Waals surface area contributed by atoms with Gasteiger partial charge in [-0.1, -0.05) is 17.7 Å². The first-order chi connectivity index (χ1) is 9.06. The van der Waals surface area contributed by atoms with E-state index in [-0.39, 0.29) is 0 Å². The standard InChI is InChI=1S/C14H11BrClNO2/c15-10-5-9-2-1-8-6-11(16)3-4-12(8)14(18)13(9)17(19)7-10/h3-7,14,18H,1-2H2. The van der Waals surface area contributed by atoms with Gasteiger partial charge in [0.1, 0.15) is 0 Å². The monoisotopic (exact) mass is 339 g/mol. The summed E-state index contributed by atoms with van der Waals surface area (Å²) in [6.07, 6.45) is 1.98. The van der Waals surface area contributed by atoms with Crippen LogP contribution in [0.2, 0.25) is 5.02 Å². The maximum absolute atomic E-state index is 12.0. The van der Waals surface area contributed by atoms with Crippen LogP contribution in [0.25, 0.3) is 0 Å². The number of aliphatic hydroxyl groups excluding tert-OH is 1. The van der Waals surface area contributed by atoms with E-state index in [1.807, 2.05) is 12.1 Å². The van der Waals surface area contributed by atoms with Gasteiger partial charge in [-0.15, -0.1) is 0 Å². The molecule has 1 unspecified atom stereocenters. The Morgan fingerprint density at radius 3 is 2.79 bits per heavy atom. The molecule has 98 valence electrons. The molecule has 3 rings (SSSR count). The number of halogens is 2. The fourth-order valence-corrected chi connectivity index (χ4v) is 3.23. The molecule has 0 saturated carbocycles. The largest absolute Gasteiger partial charge is 0.618 e. The molecular formula is C14H11BrClNO2. The highest BCUT2D eigenvalue weighted by molar-refractivity contribution is 9.10. The van der Waals surface area contributed by atoms with Crippen LogP contribution < -0.4 is 4.73 Å². The van der Waals surface area contributed by atoms with Crippen molar-refractivity contribution >= 4 is 27.5 Å². The van der Waals surface area contributed by atoms with E-state index in [9.17, 15) is 10.3 Å². The molecule has 2 aromatic rings. The van der Waals surface area contributed by atoms with Crippen molar-refractivity contribution in [2.75, 3.05) is 0 Å². The first kappa shape index (κ1) is 12.9. The first-order valence-corrected chi connectivity index (χ1v) is 7.11. The molecule has 1 aliphatic rings. The predicted octanol–water partition coefficient (Wildman–Crippen LogP) is 2.92. The number of fused-ring (bicyclic) bond motifs is 2. The van der Waals surface area contributed by atoms with E-state index in [0.29, 0.717) is 17.1 Å². The topological polar surface area (TPSA) is 47.2 Å². The molecule has 0 spiro atoms. The van der Waals surface area contributed by atoms with Crippen molar-refractivity contribution in [1.29, 1.82) is 0 Å². The van der Waals surface area contributed by atoms with Crippen molar-refractivity contribution in [3.8, 4) is 0 Å². The van der Waals surface area contributed by atoms with Crippen molar-refractivity contribution in [3.05, 3.63) is 67.5 Å². The van der Waals surface area contributed by atoms with Crippen LogP contribution in [0.5, 0.6) is 0 Å². The number of aliphatic hydroxyl groups is 1. The van der Waals surface area contributed by atoms with Gasteiger partial charge in [-0.3, -0.25) is 0 Å². The second-order valence-corrected chi connectivity index (χ2v) is 5.99. The van der Waals surface area contributed by atoms with E-state index in [1.165, 1.54) is 6.20 Å². The summed E-state index contributed by atoms with van der Waals surface area (Å²) >= 11 is 9.30. The Morgan fingerprint density at radius 2 is 2.00 bits per heavy atom. The fourth-order valence-electron chi connectivity index (χ4n) is 2.57. The molecule has 0 radical (unpaired) electrons. The molecule has 0 aliphatic heterocycles. The number of hydrogen-bond acceptors (Lipinski definition) is 2. The fraction of sp³-hybridized carbons (Fsp3) is 0.214. The minimum atomic E-state index is -0.907. The SMILES string of the molecule is [O-][n+]1cc(Br)cc2c1C(O)c1ccc(Cl)cc1CC2. The van der Waals surface area contributed by atoms with Crippen LogP contribution in [0.15, 0.2) is 34.9 Å². The van der Waals surface area contributed by atoms with Crippen molar-refractivity contribution in [3.63, 3.8) is 0 Å². The van der Waals surface area contributed by atoms with E-state index in [2.05, 4.69) is 15.9 Å². The lowest BCUT2D eigenvalue weighted by Gasteiger charge is -2.14. The Morgan fingerprint density at radius 1 is 1.26 bits per heavy atom. The highest BCUT2D eigenvalue weighted by Gasteiger charge is 2.29. The maximum atomic E-state index is 12.0. The second kappa shape index (κ2) is 4.78. The van der Waals surface area contributed by atoms with Gasteiger partial charge in [0, 0.05) is 10.6 Å². The summed E-state index contributed by atoms with van der Waals surface area (Å²) in [5, 5.41) is 23.1. The Balaban J connectivity index is 2.20. The van der Waals surface area contributed by atoms with Crippen molar-refractivity contribution in [1.82, 2.24) is 0 Å². The smallest absolute Gasteiger partial charge is 0.229 e. The molecule has 19 heavy (non-hydrogen) atoms. The summed E-state index contributed by atoms with van der Waals surface area (Å²) in [5.41, 5.74) is 3.02. The lowest BCUT2D eigenvalue weighted by Crippen LogP contribution is -2.35. The van der Waals surface area contributed by atoms with Crippen LogP contribution in [0.1, 0.15) is 28.5 Å². The van der Waals surface area contributed by atoms with Crippen LogP contribution >= 0.6 is 27.5 Å². The Bertz CT molecular complexity index is 660. The van der Waals surface area contributed by atoms with E-state index in [4.69, 9.17) is 11.6 Å². The van der Waals surface area contributed by atoms with Gasteiger partial charge in [0.25, 0.3) is 0 Å². The summed E-state index contributed by atoms with van der Waals surface area (Å²) in [4.78, 5) is 0. The number of aryl methyl sites for hydroxylation is 2. The molecule has 1 aromatic heterocycles. The molecule has 1 N–H and O–H groups in total. The summed E-state index contributed by atoms with van der Waals surface area (Å²) < 4.78 is 1.46. The first-order valence-electron chi connectivity index (χ1n) is 5.94. The van der Waals surface area contributed by atoms with Gasteiger partial charge in [-0.2, -0.15) is 4.73 Å². The van der Waals surface area contributed by atoms with E-state index in [1.54, 1.807) is 12.1 Å². The van der Waals surface area contributed by atoms with Crippen molar-refractivity contribution in [2.24, 2.45) is 0 Å². The van der Waals surface area contributed by atoms with Gasteiger partial charge in [0.05, 0.1) is 4.47 Å². The summed E-state index contributed by atoms with van der Waals surface area (Å²) in [7, 11) is 0. The average Bonchev–Trinajstić information content (AvgIpc) is 2.47. The number of rotatable bonds is 0. The predicted molar refractivity (Wildman–Crippen MR) is 76.0 cm³/mol. The van der Waals surface area contributed by atoms with Gasteiger partial charge in [0.2, 0.25) is 5.69 Å². The van der Waals surface area contributed by atoms with Gasteiger partial charge in [0.15, 0.2) is 12.3 Å². The molecule has 0 fully saturated rings. The Kier molecular flexibility index (Phi) is 3.25. The van der Waals surface area contributed by atoms with Crippen LogP contribution in [-0.4, -0.2) is 5.11 Å². The summed E-state index contributed by atoms with van der Waals surface area (Å²) in [6, 6.07) is 7.28. The third-order valence-corrected chi connectivity index (χ3v) is 4.11. The number of pyridine rings is 1. The van der Waals surface area contributed by atoms with E-state index >= 15 is 0 Å². The maximum Gasteiger partial charge on any atom is 0.229 e. The van der Waals surface area contributed by atoms with Gasteiger partial charge < -0.3 is 10.3 Å². The zero-order valence-corrected chi connectivity index (χ0v) is 12.3. The minimum absolute atomic E-state index is 0.407. The Labute approximate surface area is 124 Å². The molecule has 1 aliphatic carbocycles. The summed E-state index contributed by atoms with van der Waals surface area (Å²) in [6.45, 7) is 0. The lowest BCUT2D eigenvalue weighted by atomic mass is 10.0. The minimum Gasteiger partial charge on any atom is -0.618 e. The Hall–Kier alpha value is -1.10. The van der Waals surface area contributed by atoms with Crippen LogP contribution in [0, 0.1) is 5.21 Å². The molecular weight excluding hydrogens is 330 g/mol. The zero-order chi connectivity index (χ0) is 13.6. The number of nitrogens with zero attached hydrogens (tertiary/aromatic N) is 1. The normalized spacial score (nSPS) is 17.5. The zero-order valence-electron chi connectivity index (χ0n) is 9.94. The molecule has 0 amide bonds. The third-order valence-electron chi connectivity index (χ3n) is 3.44. The highest BCUT2D eigenvalue weighted by Crippen LogP contribution is 2.32. The highest BCUT2D eigenvalue weighted by atomic mass is 79.9.